The van der Waals surface area contributed by atoms with Crippen molar-refractivity contribution in [3.8, 4) is 0 Å². The van der Waals surface area contributed by atoms with Gasteiger partial charge in [-0.15, -0.1) is 0 Å². The maximum absolute atomic E-state index is 10.8. The molecule has 0 aromatic heterocycles. The molecule has 0 saturated carbocycles. The SMILES string of the molecule is CC(C)(C)CCN1C2CCC1CC(CC(=O)O)C2. The number of rotatable bonds is 4. The van der Waals surface area contributed by atoms with Crippen LogP contribution in [0.3, 0.4) is 0 Å². The molecule has 2 saturated heterocycles. The standard InChI is InChI=1S/C15H27NO2/c1-15(2,3)6-7-16-12-4-5-13(16)9-11(8-12)10-14(17)18/h11-13H,4-10H2,1-3H3,(H,17,18). The number of nitrogens with zero attached hydrogens (tertiary/aromatic N) is 1. The van der Waals surface area contributed by atoms with Crippen LogP contribution in [-0.2, 0) is 4.79 Å². The highest BCUT2D eigenvalue weighted by Crippen LogP contribution is 2.40. The minimum Gasteiger partial charge on any atom is -0.481 e. The summed E-state index contributed by atoms with van der Waals surface area (Å²) in [7, 11) is 0. The predicted octanol–water partition coefficient (Wildman–Crippen LogP) is 3.14. The van der Waals surface area contributed by atoms with Crippen molar-refractivity contribution in [1.82, 2.24) is 4.90 Å². The fourth-order valence-electron chi connectivity index (χ4n) is 3.63. The van der Waals surface area contributed by atoms with Gasteiger partial charge < -0.3 is 5.11 Å². The molecule has 2 rings (SSSR count). The predicted molar refractivity (Wildman–Crippen MR) is 72.6 cm³/mol. The first kappa shape index (κ1) is 13.9. The maximum Gasteiger partial charge on any atom is 0.303 e. The molecule has 2 aliphatic heterocycles. The summed E-state index contributed by atoms with van der Waals surface area (Å²) >= 11 is 0. The van der Waals surface area contributed by atoms with Gasteiger partial charge in [-0.2, -0.15) is 0 Å². The third-order valence-corrected chi connectivity index (χ3v) is 4.57. The first-order valence-corrected chi connectivity index (χ1v) is 7.33. The number of carboxylic acid groups (broad SMARTS) is 1. The number of piperidine rings is 1. The summed E-state index contributed by atoms with van der Waals surface area (Å²) in [6.45, 7) is 8.09. The Morgan fingerprint density at radius 2 is 1.78 bits per heavy atom. The molecule has 1 N–H and O–H groups in total. The lowest BCUT2D eigenvalue weighted by atomic mass is 9.86. The Labute approximate surface area is 111 Å². The summed E-state index contributed by atoms with van der Waals surface area (Å²) < 4.78 is 0. The summed E-state index contributed by atoms with van der Waals surface area (Å²) in [6, 6.07) is 1.32. The molecule has 2 fully saturated rings. The van der Waals surface area contributed by atoms with E-state index >= 15 is 0 Å². The topological polar surface area (TPSA) is 40.5 Å². The molecule has 2 unspecified atom stereocenters. The Morgan fingerprint density at radius 3 is 2.22 bits per heavy atom. The van der Waals surface area contributed by atoms with Crippen molar-refractivity contribution >= 4 is 5.97 Å². The van der Waals surface area contributed by atoms with E-state index in [0.29, 0.717) is 29.8 Å². The van der Waals surface area contributed by atoms with E-state index < -0.39 is 5.97 Å². The van der Waals surface area contributed by atoms with Gasteiger partial charge in [0.25, 0.3) is 0 Å². The Bertz CT molecular complexity index is 294. The van der Waals surface area contributed by atoms with Gasteiger partial charge in [0, 0.05) is 18.5 Å². The van der Waals surface area contributed by atoms with Gasteiger partial charge in [-0.05, 0) is 50.0 Å². The van der Waals surface area contributed by atoms with Crippen LogP contribution in [0.5, 0.6) is 0 Å². The molecule has 3 heteroatoms. The monoisotopic (exact) mass is 253 g/mol. The fourth-order valence-corrected chi connectivity index (χ4v) is 3.63. The lowest BCUT2D eigenvalue weighted by Gasteiger charge is -2.39. The van der Waals surface area contributed by atoms with E-state index in [4.69, 9.17) is 5.11 Å². The van der Waals surface area contributed by atoms with Crippen molar-refractivity contribution in [2.75, 3.05) is 6.54 Å². The van der Waals surface area contributed by atoms with Gasteiger partial charge in [-0.3, -0.25) is 9.69 Å². The second kappa shape index (κ2) is 5.20. The van der Waals surface area contributed by atoms with E-state index in [2.05, 4.69) is 25.7 Å². The van der Waals surface area contributed by atoms with Crippen LogP contribution in [0.2, 0.25) is 0 Å². The van der Waals surface area contributed by atoms with Crippen LogP contribution in [0.1, 0.15) is 59.3 Å². The molecule has 0 aromatic rings. The summed E-state index contributed by atoms with van der Waals surface area (Å²) in [5.41, 5.74) is 0.400. The summed E-state index contributed by atoms with van der Waals surface area (Å²) in [4.78, 5) is 13.5. The fraction of sp³-hybridized carbons (Fsp3) is 0.933. The highest BCUT2D eigenvalue weighted by Gasteiger charge is 2.40. The molecule has 18 heavy (non-hydrogen) atoms. The van der Waals surface area contributed by atoms with Crippen LogP contribution in [0.4, 0.5) is 0 Å². The Balaban J connectivity index is 1.88. The highest BCUT2D eigenvalue weighted by atomic mass is 16.4. The van der Waals surface area contributed by atoms with E-state index in [-0.39, 0.29) is 0 Å². The van der Waals surface area contributed by atoms with Crippen molar-refractivity contribution in [2.45, 2.75) is 71.4 Å². The van der Waals surface area contributed by atoms with E-state index in [9.17, 15) is 4.79 Å². The van der Waals surface area contributed by atoms with Gasteiger partial charge in [0.05, 0.1) is 0 Å². The van der Waals surface area contributed by atoms with Crippen LogP contribution in [0.25, 0.3) is 0 Å². The van der Waals surface area contributed by atoms with Crippen LogP contribution >= 0.6 is 0 Å². The third kappa shape index (κ3) is 3.47. The van der Waals surface area contributed by atoms with Gasteiger partial charge in [0.2, 0.25) is 0 Å². The van der Waals surface area contributed by atoms with Gasteiger partial charge in [-0.25, -0.2) is 0 Å². The van der Waals surface area contributed by atoms with Crippen molar-refractivity contribution < 1.29 is 9.90 Å². The molecule has 0 aliphatic carbocycles. The van der Waals surface area contributed by atoms with Crippen molar-refractivity contribution in [1.29, 1.82) is 0 Å². The average molecular weight is 253 g/mol. The smallest absolute Gasteiger partial charge is 0.303 e. The molecule has 0 amide bonds. The lowest BCUT2D eigenvalue weighted by molar-refractivity contribution is -0.138. The molecule has 104 valence electrons. The zero-order valence-corrected chi connectivity index (χ0v) is 12.0. The van der Waals surface area contributed by atoms with Gasteiger partial charge in [-0.1, -0.05) is 20.8 Å². The molecule has 2 bridgehead atoms. The van der Waals surface area contributed by atoms with E-state index in [1.807, 2.05) is 0 Å². The summed E-state index contributed by atoms with van der Waals surface area (Å²) in [5.74, 6) is -0.201. The number of carbonyl (C=O) groups is 1. The maximum atomic E-state index is 10.8. The van der Waals surface area contributed by atoms with Gasteiger partial charge in [0.15, 0.2) is 0 Å². The molecule has 2 aliphatic rings. The minimum absolute atomic E-state index is 0.375. The normalized spacial score (nSPS) is 32.7. The quantitative estimate of drug-likeness (QED) is 0.836. The summed E-state index contributed by atoms with van der Waals surface area (Å²) in [6.07, 6.45) is 6.39. The zero-order chi connectivity index (χ0) is 13.3. The number of aliphatic carboxylic acids is 1. The Kier molecular flexibility index (Phi) is 4.00. The second-order valence-electron chi connectivity index (χ2n) is 7.37. The highest BCUT2D eigenvalue weighted by molar-refractivity contribution is 5.67. The number of fused-ring (bicyclic) bond motifs is 2. The number of hydrogen-bond donors (Lipinski definition) is 1. The van der Waals surface area contributed by atoms with E-state index in [1.54, 1.807) is 0 Å². The minimum atomic E-state index is -0.623. The first-order chi connectivity index (χ1) is 8.35. The molecule has 2 heterocycles. The Hall–Kier alpha value is -0.570. The molecular formula is C15H27NO2. The van der Waals surface area contributed by atoms with E-state index in [0.717, 1.165) is 12.8 Å². The lowest BCUT2D eigenvalue weighted by Crippen LogP contribution is -2.44. The van der Waals surface area contributed by atoms with Crippen molar-refractivity contribution in [3.63, 3.8) is 0 Å². The van der Waals surface area contributed by atoms with Gasteiger partial charge >= 0.3 is 5.97 Å². The second-order valence-corrected chi connectivity index (χ2v) is 7.37. The third-order valence-electron chi connectivity index (χ3n) is 4.57. The summed E-state index contributed by atoms with van der Waals surface area (Å²) in [5, 5.41) is 8.92. The molecule has 0 aromatic carbocycles. The van der Waals surface area contributed by atoms with Crippen LogP contribution < -0.4 is 0 Å². The molecule has 2 atom stereocenters. The molecule has 3 nitrogen and oxygen atoms in total. The molecular weight excluding hydrogens is 226 g/mol. The first-order valence-electron chi connectivity index (χ1n) is 7.33. The van der Waals surface area contributed by atoms with Crippen molar-refractivity contribution in [3.05, 3.63) is 0 Å². The largest absolute Gasteiger partial charge is 0.481 e. The Morgan fingerprint density at radius 1 is 1.22 bits per heavy atom. The van der Waals surface area contributed by atoms with E-state index in [1.165, 1.54) is 25.8 Å². The average Bonchev–Trinajstić information content (AvgIpc) is 2.44. The van der Waals surface area contributed by atoms with Crippen molar-refractivity contribution in [2.24, 2.45) is 11.3 Å². The number of carboxylic acids is 1. The zero-order valence-electron chi connectivity index (χ0n) is 12.0. The van der Waals surface area contributed by atoms with Crippen LogP contribution in [0, 0.1) is 11.3 Å². The van der Waals surface area contributed by atoms with Crippen LogP contribution in [0.15, 0.2) is 0 Å². The number of hydrogen-bond acceptors (Lipinski definition) is 2. The van der Waals surface area contributed by atoms with Crippen LogP contribution in [-0.4, -0.2) is 34.6 Å². The molecule has 0 radical (unpaired) electrons. The molecule has 0 spiro atoms. The van der Waals surface area contributed by atoms with Gasteiger partial charge in [0.1, 0.15) is 0 Å².